The quantitative estimate of drug-likeness (QED) is 0.880. The summed E-state index contributed by atoms with van der Waals surface area (Å²) in [6.45, 7) is 4.60. The molecule has 1 N–H and O–H groups in total. The number of aromatic nitrogens is 1. The molecule has 1 unspecified atom stereocenters. The average Bonchev–Trinajstić information content (AvgIpc) is 2.46. The van der Waals surface area contributed by atoms with Gasteiger partial charge in [0.05, 0.1) is 0 Å². The monoisotopic (exact) mass is 247 g/mol. The summed E-state index contributed by atoms with van der Waals surface area (Å²) in [6.07, 6.45) is 5.33. The lowest BCUT2D eigenvalue weighted by Crippen LogP contribution is -2.45. The molecular weight excluding hydrogens is 226 g/mol. The Hall–Kier alpha value is -1.42. The molecule has 1 amide bonds. The number of likely N-dealkylation sites (N-methyl/N-ethyl adjacent to an activating group) is 1. The largest absolute Gasteiger partial charge is 0.336 e. The van der Waals surface area contributed by atoms with E-state index in [4.69, 9.17) is 0 Å². The summed E-state index contributed by atoms with van der Waals surface area (Å²) < 4.78 is 0. The molecule has 18 heavy (non-hydrogen) atoms. The van der Waals surface area contributed by atoms with Gasteiger partial charge in [0.2, 0.25) is 0 Å². The summed E-state index contributed by atoms with van der Waals surface area (Å²) in [5.74, 6) is 0.0328. The van der Waals surface area contributed by atoms with Crippen LogP contribution < -0.4 is 5.32 Å². The molecule has 4 heteroatoms. The normalized spacial score (nSPS) is 19.5. The second-order valence-corrected chi connectivity index (χ2v) is 4.71. The number of nitrogens with one attached hydrogen (secondary N) is 1. The van der Waals surface area contributed by atoms with Crippen LogP contribution in [0.4, 0.5) is 0 Å². The molecule has 1 aliphatic rings. The van der Waals surface area contributed by atoms with Crippen molar-refractivity contribution in [1.29, 1.82) is 0 Å². The number of hydrogen-bond donors (Lipinski definition) is 1. The molecule has 2 heterocycles. The molecule has 0 radical (unpaired) electrons. The van der Waals surface area contributed by atoms with Gasteiger partial charge in [-0.15, -0.1) is 0 Å². The molecule has 1 fully saturated rings. The van der Waals surface area contributed by atoms with Crippen molar-refractivity contribution in [3.8, 4) is 0 Å². The van der Waals surface area contributed by atoms with E-state index in [1.54, 1.807) is 12.3 Å². The van der Waals surface area contributed by atoms with Crippen molar-refractivity contribution in [2.24, 2.45) is 0 Å². The number of carbonyl (C=O) groups is 1. The number of hydrogen-bond acceptors (Lipinski definition) is 3. The molecule has 2 rings (SSSR count). The first-order valence-corrected chi connectivity index (χ1v) is 6.75. The van der Waals surface area contributed by atoms with Crippen LogP contribution in [0, 0.1) is 0 Å². The van der Waals surface area contributed by atoms with Gasteiger partial charge in [-0.05, 0) is 38.4 Å². The second kappa shape index (κ2) is 6.50. The van der Waals surface area contributed by atoms with Gasteiger partial charge in [0.25, 0.3) is 5.91 Å². The van der Waals surface area contributed by atoms with E-state index >= 15 is 0 Å². The van der Waals surface area contributed by atoms with Crippen LogP contribution in [0.5, 0.6) is 0 Å². The van der Waals surface area contributed by atoms with Gasteiger partial charge < -0.3 is 10.2 Å². The molecule has 0 saturated carbocycles. The van der Waals surface area contributed by atoms with Gasteiger partial charge in [0, 0.05) is 25.3 Å². The minimum Gasteiger partial charge on any atom is -0.336 e. The predicted molar refractivity (Wildman–Crippen MR) is 71.5 cm³/mol. The van der Waals surface area contributed by atoms with Crippen LogP contribution in [-0.2, 0) is 0 Å². The summed E-state index contributed by atoms with van der Waals surface area (Å²) >= 11 is 0. The Balaban J connectivity index is 1.97. The fourth-order valence-electron chi connectivity index (χ4n) is 2.35. The molecule has 1 saturated heterocycles. The summed E-state index contributed by atoms with van der Waals surface area (Å²) in [5, 5.41) is 3.48. The van der Waals surface area contributed by atoms with Crippen molar-refractivity contribution in [3.05, 3.63) is 30.1 Å². The first-order chi connectivity index (χ1) is 8.81. The highest BCUT2D eigenvalue weighted by molar-refractivity contribution is 5.92. The van der Waals surface area contributed by atoms with Crippen molar-refractivity contribution in [2.75, 3.05) is 19.6 Å². The van der Waals surface area contributed by atoms with E-state index in [-0.39, 0.29) is 5.91 Å². The Labute approximate surface area is 108 Å². The topological polar surface area (TPSA) is 45.2 Å². The van der Waals surface area contributed by atoms with Crippen LogP contribution in [0.3, 0.4) is 0 Å². The Bertz CT molecular complexity index is 374. The SMILES string of the molecule is CCN(CC1CCCCN1)C(=O)c1ccccn1. The van der Waals surface area contributed by atoms with Crippen LogP contribution in [0.2, 0.25) is 0 Å². The van der Waals surface area contributed by atoms with E-state index in [1.165, 1.54) is 12.8 Å². The Morgan fingerprint density at radius 1 is 1.50 bits per heavy atom. The Kier molecular flexibility index (Phi) is 4.70. The molecule has 0 bridgehead atoms. The number of carbonyl (C=O) groups excluding carboxylic acids is 1. The number of rotatable bonds is 4. The van der Waals surface area contributed by atoms with E-state index in [1.807, 2.05) is 24.0 Å². The molecule has 1 aromatic heterocycles. The van der Waals surface area contributed by atoms with Crippen molar-refractivity contribution in [2.45, 2.75) is 32.2 Å². The third-order valence-electron chi connectivity index (χ3n) is 3.41. The van der Waals surface area contributed by atoms with Gasteiger partial charge in [-0.3, -0.25) is 9.78 Å². The molecule has 1 aromatic rings. The van der Waals surface area contributed by atoms with Crippen LogP contribution in [0.1, 0.15) is 36.7 Å². The maximum Gasteiger partial charge on any atom is 0.272 e. The second-order valence-electron chi connectivity index (χ2n) is 4.71. The summed E-state index contributed by atoms with van der Waals surface area (Å²) in [5.41, 5.74) is 0.537. The molecule has 0 aliphatic carbocycles. The third-order valence-corrected chi connectivity index (χ3v) is 3.41. The highest BCUT2D eigenvalue weighted by atomic mass is 16.2. The van der Waals surface area contributed by atoms with E-state index in [0.29, 0.717) is 11.7 Å². The third kappa shape index (κ3) is 3.29. The summed E-state index contributed by atoms with van der Waals surface area (Å²) in [6, 6.07) is 5.90. The van der Waals surface area contributed by atoms with E-state index in [2.05, 4.69) is 10.3 Å². The zero-order valence-corrected chi connectivity index (χ0v) is 10.9. The van der Waals surface area contributed by atoms with E-state index in [0.717, 1.165) is 26.1 Å². The molecule has 1 atom stereocenters. The minimum atomic E-state index is 0.0328. The van der Waals surface area contributed by atoms with Gasteiger partial charge in [-0.1, -0.05) is 12.5 Å². The molecule has 4 nitrogen and oxygen atoms in total. The molecule has 0 spiro atoms. The van der Waals surface area contributed by atoms with Crippen molar-refractivity contribution in [1.82, 2.24) is 15.2 Å². The highest BCUT2D eigenvalue weighted by Crippen LogP contribution is 2.10. The Morgan fingerprint density at radius 2 is 2.39 bits per heavy atom. The van der Waals surface area contributed by atoms with Gasteiger partial charge in [-0.2, -0.15) is 0 Å². The summed E-state index contributed by atoms with van der Waals surface area (Å²) in [7, 11) is 0. The Morgan fingerprint density at radius 3 is 3.00 bits per heavy atom. The average molecular weight is 247 g/mol. The van der Waals surface area contributed by atoms with E-state index < -0.39 is 0 Å². The molecular formula is C14H21N3O. The fraction of sp³-hybridized carbons (Fsp3) is 0.571. The van der Waals surface area contributed by atoms with Gasteiger partial charge in [0.1, 0.15) is 5.69 Å². The number of nitrogens with zero attached hydrogens (tertiary/aromatic N) is 2. The lowest BCUT2D eigenvalue weighted by molar-refractivity contribution is 0.0735. The maximum absolute atomic E-state index is 12.3. The minimum absolute atomic E-state index is 0.0328. The highest BCUT2D eigenvalue weighted by Gasteiger charge is 2.20. The van der Waals surface area contributed by atoms with Crippen LogP contribution in [0.25, 0.3) is 0 Å². The lowest BCUT2D eigenvalue weighted by Gasteiger charge is -2.29. The lowest BCUT2D eigenvalue weighted by atomic mass is 10.0. The number of pyridine rings is 1. The van der Waals surface area contributed by atoms with Gasteiger partial charge in [0.15, 0.2) is 0 Å². The zero-order chi connectivity index (χ0) is 12.8. The molecule has 1 aliphatic heterocycles. The first-order valence-electron chi connectivity index (χ1n) is 6.75. The van der Waals surface area contributed by atoms with Gasteiger partial charge >= 0.3 is 0 Å². The molecule has 0 aromatic carbocycles. The van der Waals surface area contributed by atoms with Gasteiger partial charge in [-0.25, -0.2) is 0 Å². The fourth-order valence-corrected chi connectivity index (χ4v) is 2.35. The smallest absolute Gasteiger partial charge is 0.272 e. The first kappa shape index (κ1) is 13.0. The van der Waals surface area contributed by atoms with Crippen molar-refractivity contribution < 1.29 is 4.79 Å². The van der Waals surface area contributed by atoms with Crippen molar-refractivity contribution in [3.63, 3.8) is 0 Å². The zero-order valence-electron chi connectivity index (χ0n) is 10.9. The van der Waals surface area contributed by atoms with E-state index in [9.17, 15) is 4.79 Å². The maximum atomic E-state index is 12.3. The van der Waals surface area contributed by atoms with Crippen LogP contribution in [-0.4, -0.2) is 41.5 Å². The standard InChI is InChI=1S/C14H21N3O/c1-2-17(11-12-7-3-5-9-15-12)14(18)13-8-4-6-10-16-13/h4,6,8,10,12,15H,2-3,5,7,9,11H2,1H3. The number of piperidine rings is 1. The predicted octanol–water partition coefficient (Wildman–Crippen LogP) is 1.69. The van der Waals surface area contributed by atoms with Crippen molar-refractivity contribution >= 4 is 5.91 Å². The molecule has 98 valence electrons. The van der Waals surface area contributed by atoms with Crippen LogP contribution in [0.15, 0.2) is 24.4 Å². The summed E-state index contributed by atoms with van der Waals surface area (Å²) in [4.78, 5) is 18.3. The van der Waals surface area contributed by atoms with Crippen LogP contribution >= 0.6 is 0 Å². The number of amides is 1.